The number of hydrogen-bond donors (Lipinski definition) is 0. The fourth-order valence-corrected chi connectivity index (χ4v) is 3.19. The molecule has 0 radical (unpaired) electrons. The first-order chi connectivity index (χ1) is 14.6. The van der Waals surface area contributed by atoms with Crippen LogP contribution in [-0.4, -0.2) is 23.8 Å². The minimum atomic E-state index is -0.509. The van der Waals surface area contributed by atoms with E-state index in [4.69, 9.17) is 4.74 Å². The molecule has 0 spiro atoms. The van der Waals surface area contributed by atoms with Crippen LogP contribution in [0.25, 0.3) is 6.08 Å². The molecule has 3 aromatic rings. The van der Waals surface area contributed by atoms with Gasteiger partial charge in [0.25, 0.3) is 11.6 Å². The topological polar surface area (TPSA) is 85.0 Å². The Morgan fingerprint density at radius 1 is 1.00 bits per heavy atom. The molecule has 1 aliphatic rings. The molecule has 0 aliphatic carbocycles. The summed E-state index contributed by atoms with van der Waals surface area (Å²) in [6.07, 6.45) is 1.71. The molecular weight excluding hydrogens is 382 g/mol. The molecule has 1 heterocycles. The molecule has 0 bridgehead atoms. The molecule has 0 fully saturated rings. The number of nitro groups is 1. The summed E-state index contributed by atoms with van der Waals surface area (Å²) in [5, 5.41) is 11.1. The lowest BCUT2D eigenvalue weighted by Crippen LogP contribution is -2.33. The Morgan fingerprint density at radius 3 is 2.30 bits per heavy atom. The van der Waals surface area contributed by atoms with Gasteiger partial charge < -0.3 is 4.74 Å². The van der Waals surface area contributed by atoms with E-state index in [2.05, 4.69) is 4.99 Å². The van der Waals surface area contributed by atoms with Crippen LogP contribution in [0.4, 0.5) is 11.4 Å². The number of carbonyl (C=O) groups excluding carboxylic acids is 1. The number of hydrogen-bond acceptors (Lipinski definition) is 5. The lowest BCUT2D eigenvalue weighted by Gasteiger charge is -2.20. The molecule has 0 aromatic heterocycles. The SMILES string of the molecule is COc1cc([N+](=O)[O-])ccc1N1C(=O)/C(=C/c2ccccc2)N=C1c1ccccc1. The first kappa shape index (κ1) is 19.1. The first-order valence-electron chi connectivity index (χ1n) is 9.16. The molecule has 7 nitrogen and oxygen atoms in total. The zero-order valence-corrected chi connectivity index (χ0v) is 16.1. The van der Waals surface area contributed by atoms with Crippen LogP contribution in [0.2, 0.25) is 0 Å². The molecule has 148 valence electrons. The number of non-ortho nitro benzene ring substituents is 1. The Bertz CT molecular complexity index is 1170. The van der Waals surface area contributed by atoms with Crippen molar-refractivity contribution >= 4 is 29.2 Å². The van der Waals surface area contributed by atoms with Crippen LogP contribution in [0.1, 0.15) is 11.1 Å². The molecule has 1 aliphatic heterocycles. The molecule has 0 atom stereocenters. The maximum atomic E-state index is 13.3. The third-order valence-corrected chi connectivity index (χ3v) is 4.61. The number of rotatable bonds is 5. The summed E-state index contributed by atoms with van der Waals surface area (Å²) in [7, 11) is 1.41. The smallest absolute Gasteiger partial charge is 0.282 e. The predicted octanol–water partition coefficient (Wildman–Crippen LogP) is 4.44. The van der Waals surface area contributed by atoms with Gasteiger partial charge in [0.2, 0.25) is 0 Å². The third kappa shape index (κ3) is 3.56. The van der Waals surface area contributed by atoms with E-state index in [-0.39, 0.29) is 23.0 Å². The summed E-state index contributed by atoms with van der Waals surface area (Å²) in [6, 6.07) is 22.8. The van der Waals surface area contributed by atoms with Gasteiger partial charge in [0.1, 0.15) is 17.3 Å². The number of anilines is 1. The zero-order valence-electron chi connectivity index (χ0n) is 16.1. The van der Waals surface area contributed by atoms with Gasteiger partial charge in [0.05, 0.1) is 23.8 Å². The van der Waals surface area contributed by atoms with Crippen LogP contribution in [0, 0.1) is 10.1 Å². The number of nitrogens with zero attached hydrogens (tertiary/aromatic N) is 3. The van der Waals surface area contributed by atoms with Crippen molar-refractivity contribution in [1.82, 2.24) is 0 Å². The van der Waals surface area contributed by atoms with Gasteiger partial charge in [-0.1, -0.05) is 60.7 Å². The fraction of sp³-hybridized carbons (Fsp3) is 0.0435. The minimum absolute atomic E-state index is 0.125. The average molecular weight is 399 g/mol. The maximum Gasteiger partial charge on any atom is 0.282 e. The Morgan fingerprint density at radius 2 is 1.67 bits per heavy atom. The van der Waals surface area contributed by atoms with Crippen molar-refractivity contribution in [2.24, 2.45) is 4.99 Å². The normalized spacial score (nSPS) is 14.7. The van der Waals surface area contributed by atoms with Crippen molar-refractivity contribution in [3.63, 3.8) is 0 Å². The highest BCUT2D eigenvalue weighted by atomic mass is 16.6. The second kappa shape index (κ2) is 8.00. The lowest BCUT2D eigenvalue weighted by atomic mass is 10.1. The van der Waals surface area contributed by atoms with Gasteiger partial charge in [-0.15, -0.1) is 0 Å². The summed E-state index contributed by atoms with van der Waals surface area (Å²) < 4.78 is 5.36. The van der Waals surface area contributed by atoms with E-state index in [1.165, 1.54) is 30.2 Å². The lowest BCUT2D eigenvalue weighted by molar-refractivity contribution is -0.384. The highest BCUT2D eigenvalue weighted by Gasteiger charge is 2.34. The van der Waals surface area contributed by atoms with Gasteiger partial charge >= 0.3 is 0 Å². The number of amides is 1. The van der Waals surface area contributed by atoms with Crippen molar-refractivity contribution in [2.75, 3.05) is 12.0 Å². The van der Waals surface area contributed by atoms with Crippen LogP contribution in [0.15, 0.2) is 89.6 Å². The van der Waals surface area contributed by atoms with Crippen LogP contribution in [0.5, 0.6) is 5.75 Å². The molecule has 1 amide bonds. The van der Waals surface area contributed by atoms with E-state index in [1.807, 2.05) is 60.7 Å². The molecule has 7 heteroatoms. The third-order valence-electron chi connectivity index (χ3n) is 4.61. The number of nitro benzene ring substituents is 1. The number of carbonyl (C=O) groups is 1. The van der Waals surface area contributed by atoms with Crippen LogP contribution >= 0.6 is 0 Å². The van der Waals surface area contributed by atoms with Crippen LogP contribution in [-0.2, 0) is 4.79 Å². The summed E-state index contributed by atoms with van der Waals surface area (Å²) in [6.45, 7) is 0. The number of aliphatic imine (C=N–C) groups is 1. The van der Waals surface area contributed by atoms with E-state index in [0.717, 1.165) is 11.1 Å². The standard InChI is InChI=1S/C23H17N3O4/c1-30-21-15-18(26(28)29)12-13-20(21)25-22(17-10-6-3-7-11-17)24-19(23(25)27)14-16-8-4-2-5-9-16/h2-15H,1H3/b19-14-. The van der Waals surface area contributed by atoms with E-state index in [0.29, 0.717) is 11.5 Å². The van der Waals surface area contributed by atoms with E-state index < -0.39 is 4.92 Å². The van der Waals surface area contributed by atoms with Crippen molar-refractivity contribution in [3.8, 4) is 5.75 Å². The highest BCUT2D eigenvalue weighted by molar-refractivity contribution is 6.33. The van der Waals surface area contributed by atoms with Gasteiger partial charge in [0, 0.05) is 11.6 Å². The Hall–Kier alpha value is -4.26. The van der Waals surface area contributed by atoms with Crippen molar-refractivity contribution in [3.05, 3.63) is 106 Å². The first-order valence-corrected chi connectivity index (χ1v) is 9.16. The van der Waals surface area contributed by atoms with Gasteiger partial charge in [-0.3, -0.25) is 19.8 Å². The zero-order chi connectivity index (χ0) is 21.1. The van der Waals surface area contributed by atoms with Crippen molar-refractivity contribution in [1.29, 1.82) is 0 Å². The molecule has 0 unspecified atom stereocenters. The maximum absolute atomic E-state index is 13.3. The fourth-order valence-electron chi connectivity index (χ4n) is 3.19. The number of amidine groups is 1. The summed E-state index contributed by atoms with van der Waals surface area (Å²) in [4.78, 5) is 30.0. The molecule has 0 N–H and O–H groups in total. The Labute approximate surface area is 172 Å². The van der Waals surface area contributed by atoms with Crippen LogP contribution in [0.3, 0.4) is 0 Å². The Balaban J connectivity index is 1.86. The molecule has 30 heavy (non-hydrogen) atoms. The predicted molar refractivity (Wildman–Crippen MR) is 115 cm³/mol. The Kier molecular flexibility index (Phi) is 5.09. The van der Waals surface area contributed by atoms with Gasteiger partial charge in [-0.2, -0.15) is 0 Å². The van der Waals surface area contributed by atoms with E-state index >= 15 is 0 Å². The molecule has 4 rings (SSSR count). The van der Waals surface area contributed by atoms with Gasteiger partial charge in [-0.05, 0) is 17.7 Å². The summed E-state index contributed by atoms with van der Waals surface area (Å²) >= 11 is 0. The summed E-state index contributed by atoms with van der Waals surface area (Å²) in [5.41, 5.74) is 2.10. The van der Waals surface area contributed by atoms with Crippen molar-refractivity contribution < 1.29 is 14.5 Å². The summed E-state index contributed by atoms with van der Waals surface area (Å²) in [5.74, 6) is 0.293. The monoisotopic (exact) mass is 399 g/mol. The van der Waals surface area contributed by atoms with Crippen LogP contribution < -0.4 is 9.64 Å². The minimum Gasteiger partial charge on any atom is -0.494 e. The van der Waals surface area contributed by atoms with Crippen molar-refractivity contribution in [2.45, 2.75) is 0 Å². The van der Waals surface area contributed by atoms with Gasteiger partial charge in [0.15, 0.2) is 0 Å². The van der Waals surface area contributed by atoms with Gasteiger partial charge in [-0.25, -0.2) is 4.99 Å². The molecule has 3 aromatic carbocycles. The number of ether oxygens (including phenoxy) is 1. The second-order valence-electron chi connectivity index (χ2n) is 6.50. The molecule has 0 saturated carbocycles. The average Bonchev–Trinajstić information content (AvgIpc) is 3.10. The second-order valence-corrected chi connectivity index (χ2v) is 6.50. The van der Waals surface area contributed by atoms with E-state index in [9.17, 15) is 14.9 Å². The molecular formula is C23H17N3O4. The molecule has 0 saturated heterocycles. The quantitative estimate of drug-likeness (QED) is 0.361. The number of benzene rings is 3. The number of methoxy groups -OCH3 is 1. The highest BCUT2D eigenvalue weighted by Crippen LogP contribution is 2.36. The van der Waals surface area contributed by atoms with E-state index in [1.54, 1.807) is 6.08 Å². The largest absolute Gasteiger partial charge is 0.494 e.